The van der Waals surface area contributed by atoms with Crippen LogP contribution >= 0.6 is 0 Å². The number of piperazine rings is 1. The zero-order valence-corrected chi connectivity index (χ0v) is 17.9. The molecule has 2 aromatic carbocycles. The molecule has 2 aromatic rings. The molecule has 0 aliphatic carbocycles. The van der Waals surface area contributed by atoms with Gasteiger partial charge in [-0.1, -0.05) is 24.3 Å². The number of aliphatic imine (C=N–C) groups is 1. The predicted molar refractivity (Wildman–Crippen MR) is 120 cm³/mol. The molecule has 1 aliphatic rings. The lowest BCUT2D eigenvalue weighted by atomic mass is 10.1. The highest BCUT2D eigenvalue weighted by molar-refractivity contribution is 5.80. The van der Waals surface area contributed by atoms with Crippen LogP contribution in [0, 0.1) is 0 Å². The largest absolute Gasteiger partial charge is 0.508 e. The monoisotopic (exact) mass is 412 g/mol. The molecule has 0 bridgehead atoms. The molecule has 162 valence electrons. The van der Waals surface area contributed by atoms with E-state index in [9.17, 15) is 5.11 Å². The average Bonchev–Trinajstić information content (AvgIpc) is 2.79. The van der Waals surface area contributed by atoms with E-state index in [4.69, 9.17) is 9.47 Å². The molecule has 2 N–H and O–H groups in total. The third kappa shape index (κ3) is 6.29. The summed E-state index contributed by atoms with van der Waals surface area (Å²) in [6.07, 6.45) is 0.714. The van der Waals surface area contributed by atoms with Crippen LogP contribution in [0.3, 0.4) is 0 Å². The molecule has 30 heavy (non-hydrogen) atoms. The standard InChI is InChI=1S/C23H32N4O3/c1-24-23(25-11-10-19-8-9-21(29-2)18-22(19)28)27-14-12-26(13-15-27)16-17-30-20-6-4-3-5-7-20/h3-9,18,28H,10-17H2,1-2H3,(H,24,25). The van der Waals surface area contributed by atoms with Gasteiger partial charge in [-0.05, 0) is 30.2 Å². The van der Waals surface area contributed by atoms with Crippen LogP contribution < -0.4 is 14.8 Å². The van der Waals surface area contributed by atoms with Crippen LogP contribution in [0.1, 0.15) is 5.56 Å². The maximum Gasteiger partial charge on any atom is 0.193 e. The lowest BCUT2D eigenvalue weighted by molar-refractivity contribution is 0.152. The molecule has 1 fully saturated rings. The minimum absolute atomic E-state index is 0.262. The predicted octanol–water partition coefficient (Wildman–Crippen LogP) is 2.22. The van der Waals surface area contributed by atoms with Crippen molar-refractivity contribution in [2.45, 2.75) is 6.42 Å². The van der Waals surface area contributed by atoms with Crippen molar-refractivity contribution in [3.8, 4) is 17.2 Å². The number of methoxy groups -OCH3 is 1. The summed E-state index contributed by atoms with van der Waals surface area (Å²) in [6, 6.07) is 15.3. The lowest BCUT2D eigenvalue weighted by Gasteiger charge is -2.36. The number of guanidine groups is 1. The maximum absolute atomic E-state index is 10.1. The molecule has 0 saturated carbocycles. The number of para-hydroxylation sites is 1. The Kier molecular flexibility index (Phi) is 8.20. The fourth-order valence-corrected chi connectivity index (χ4v) is 3.52. The van der Waals surface area contributed by atoms with Crippen LogP contribution in [0.5, 0.6) is 17.2 Å². The zero-order valence-electron chi connectivity index (χ0n) is 17.9. The highest BCUT2D eigenvalue weighted by atomic mass is 16.5. The Hall–Kier alpha value is -2.93. The van der Waals surface area contributed by atoms with Gasteiger partial charge >= 0.3 is 0 Å². The number of nitrogens with one attached hydrogen (secondary N) is 1. The van der Waals surface area contributed by atoms with E-state index in [1.54, 1.807) is 13.2 Å². The van der Waals surface area contributed by atoms with Crippen LogP contribution in [0.25, 0.3) is 0 Å². The summed E-state index contributed by atoms with van der Waals surface area (Å²) in [5.41, 5.74) is 0.891. The highest BCUT2D eigenvalue weighted by Gasteiger charge is 2.19. The van der Waals surface area contributed by atoms with Crippen molar-refractivity contribution in [1.29, 1.82) is 0 Å². The van der Waals surface area contributed by atoms with Gasteiger partial charge in [0.2, 0.25) is 0 Å². The minimum atomic E-state index is 0.262. The van der Waals surface area contributed by atoms with Gasteiger partial charge in [-0.3, -0.25) is 9.89 Å². The van der Waals surface area contributed by atoms with Gasteiger partial charge in [0.15, 0.2) is 5.96 Å². The molecule has 7 nitrogen and oxygen atoms in total. The molecule has 0 aromatic heterocycles. The topological polar surface area (TPSA) is 69.6 Å². The third-order valence-corrected chi connectivity index (χ3v) is 5.27. The maximum atomic E-state index is 10.1. The van der Waals surface area contributed by atoms with Crippen LogP contribution in [-0.2, 0) is 6.42 Å². The summed E-state index contributed by atoms with van der Waals surface area (Å²) >= 11 is 0. The molecule has 3 rings (SSSR count). The summed E-state index contributed by atoms with van der Waals surface area (Å²) in [5.74, 6) is 2.75. The summed E-state index contributed by atoms with van der Waals surface area (Å²) in [6.45, 7) is 6.15. The Morgan fingerprint density at radius 1 is 1.07 bits per heavy atom. The first-order valence-corrected chi connectivity index (χ1v) is 10.4. The van der Waals surface area contributed by atoms with E-state index in [1.165, 1.54) is 0 Å². The lowest BCUT2D eigenvalue weighted by Crippen LogP contribution is -2.53. The molecule has 1 aliphatic heterocycles. The molecule has 0 atom stereocenters. The Bertz CT molecular complexity index is 805. The molecular formula is C23H32N4O3. The van der Waals surface area contributed by atoms with Crippen LogP contribution in [-0.4, -0.2) is 80.9 Å². The summed E-state index contributed by atoms with van der Waals surface area (Å²) in [4.78, 5) is 9.12. The molecule has 0 spiro atoms. The second-order valence-electron chi connectivity index (χ2n) is 7.21. The number of ether oxygens (including phenoxy) is 2. The number of benzene rings is 2. The van der Waals surface area contributed by atoms with E-state index in [0.717, 1.165) is 50.0 Å². The smallest absolute Gasteiger partial charge is 0.193 e. The van der Waals surface area contributed by atoms with E-state index >= 15 is 0 Å². The number of nitrogens with zero attached hydrogens (tertiary/aromatic N) is 3. The Labute approximate surface area is 178 Å². The first-order chi connectivity index (χ1) is 14.7. The normalized spacial score (nSPS) is 15.1. The zero-order chi connectivity index (χ0) is 21.2. The molecular weight excluding hydrogens is 380 g/mol. The number of phenolic OH excluding ortho intramolecular Hbond substituents is 1. The van der Waals surface area contributed by atoms with Gasteiger partial charge in [0, 0.05) is 52.4 Å². The molecule has 0 unspecified atom stereocenters. The molecule has 1 saturated heterocycles. The number of hydrogen-bond donors (Lipinski definition) is 2. The van der Waals surface area contributed by atoms with Gasteiger partial charge in [0.25, 0.3) is 0 Å². The van der Waals surface area contributed by atoms with Crippen LogP contribution in [0.4, 0.5) is 0 Å². The fraction of sp³-hybridized carbons (Fsp3) is 0.435. The van der Waals surface area contributed by atoms with Crippen molar-refractivity contribution in [2.75, 3.05) is 60.0 Å². The number of phenols is 1. The highest BCUT2D eigenvalue weighted by Crippen LogP contribution is 2.23. The van der Waals surface area contributed by atoms with Crippen molar-refractivity contribution in [2.24, 2.45) is 4.99 Å². The molecule has 7 heteroatoms. The van der Waals surface area contributed by atoms with Crippen LogP contribution in [0.2, 0.25) is 0 Å². The average molecular weight is 413 g/mol. The van der Waals surface area contributed by atoms with Crippen molar-refractivity contribution in [3.05, 3.63) is 54.1 Å². The second-order valence-corrected chi connectivity index (χ2v) is 7.21. The number of rotatable bonds is 8. The van der Waals surface area contributed by atoms with Crippen molar-refractivity contribution >= 4 is 5.96 Å². The van der Waals surface area contributed by atoms with Crippen molar-refractivity contribution in [1.82, 2.24) is 15.1 Å². The summed E-state index contributed by atoms with van der Waals surface area (Å²) in [5, 5.41) is 13.5. The second kappa shape index (κ2) is 11.3. The van der Waals surface area contributed by atoms with E-state index in [2.05, 4.69) is 20.1 Å². The quantitative estimate of drug-likeness (QED) is 0.512. The van der Waals surface area contributed by atoms with E-state index in [1.807, 2.05) is 49.5 Å². The van der Waals surface area contributed by atoms with Crippen molar-refractivity contribution in [3.63, 3.8) is 0 Å². The van der Waals surface area contributed by atoms with Gasteiger partial charge in [-0.25, -0.2) is 0 Å². The van der Waals surface area contributed by atoms with Gasteiger partial charge in [-0.15, -0.1) is 0 Å². The first-order valence-electron chi connectivity index (χ1n) is 10.4. The minimum Gasteiger partial charge on any atom is -0.508 e. The molecule has 1 heterocycles. The van der Waals surface area contributed by atoms with Gasteiger partial charge in [0.05, 0.1) is 7.11 Å². The van der Waals surface area contributed by atoms with Gasteiger partial charge in [0.1, 0.15) is 23.9 Å². The number of hydrogen-bond acceptors (Lipinski definition) is 5. The van der Waals surface area contributed by atoms with E-state index in [0.29, 0.717) is 25.3 Å². The van der Waals surface area contributed by atoms with Gasteiger partial charge < -0.3 is 24.8 Å². The van der Waals surface area contributed by atoms with Crippen molar-refractivity contribution < 1.29 is 14.6 Å². The van der Waals surface area contributed by atoms with Crippen LogP contribution in [0.15, 0.2) is 53.5 Å². The Morgan fingerprint density at radius 2 is 1.83 bits per heavy atom. The van der Waals surface area contributed by atoms with Gasteiger partial charge in [-0.2, -0.15) is 0 Å². The first kappa shape index (κ1) is 21.8. The number of aromatic hydroxyl groups is 1. The fourth-order valence-electron chi connectivity index (χ4n) is 3.52. The summed E-state index contributed by atoms with van der Waals surface area (Å²) in [7, 11) is 3.41. The SMILES string of the molecule is CN=C(NCCc1ccc(OC)cc1O)N1CCN(CCOc2ccccc2)CC1. The third-order valence-electron chi connectivity index (χ3n) is 5.27. The summed E-state index contributed by atoms with van der Waals surface area (Å²) < 4.78 is 10.9. The van der Waals surface area contributed by atoms with E-state index < -0.39 is 0 Å². The Balaban J connectivity index is 1.37. The Morgan fingerprint density at radius 3 is 2.50 bits per heavy atom. The molecule has 0 amide bonds. The van der Waals surface area contributed by atoms with E-state index in [-0.39, 0.29) is 5.75 Å². The molecule has 0 radical (unpaired) electrons.